The summed E-state index contributed by atoms with van der Waals surface area (Å²) >= 11 is 0. The Labute approximate surface area is 67.0 Å². The molecule has 0 aromatic heterocycles. The van der Waals surface area contributed by atoms with Gasteiger partial charge in [-0.3, -0.25) is 0 Å². The Morgan fingerprint density at radius 2 is 2.00 bits per heavy atom. The first-order valence-corrected chi connectivity index (χ1v) is 4.02. The highest BCUT2D eigenvalue weighted by Gasteiger charge is 2.32. The Bertz CT molecular complexity index is 133. The van der Waals surface area contributed by atoms with Gasteiger partial charge in [0.2, 0.25) is 0 Å². The van der Waals surface area contributed by atoms with Crippen LogP contribution in [-0.2, 0) is 4.79 Å². The van der Waals surface area contributed by atoms with E-state index in [1.807, 2.05) is 6.92 Å². The lowest BCUT2D eigenvalue weighted by atomic mass is 9.94. The number of carboxylic acids is 1. The van der Waals surface area contributed by atoms with Gasteiger partial charge in [0.05, 0.1) is 0 Å². The van der Waals surface area contributed by atoms with E-state index in [1.165, 1.54) is 0 Å². The van der Waals surface area contributed by atoms with Gasteiger partial charge in [-0.05, 0) is 12.8 Å². The molecule has 1 unspecified atom stereocenters. The van der Waals surface area contributed by atoms with Crippen LogP contribution in [0, 0.1) is 0 Å². The Kier molecular flexibility index (Phi) is 4.11. The minimum absolute atomic E-state index is 0.280. The zero-order valence-electron chi connectivity index (χ0n) is 7.13. The quantitative estimate of drug-likeness (QED) is 0.639. The lowest BCUT2D eigenvalue weighted by Gasteiger charge is -2.20. The summed E-state index contributed by atoms with van der Waals surface area (Å²) in [4.78, 5) is 10.5. The standard InChI is InChI=1S/C8H16O3/c1-3-5-6-8(11,4-2)7(9)10/h11H,3-6H2,1-2H3,(H,9,10). The van der Waals surface area contributed by atoms with Crippen molar-refractivity contribution >= 4 is 5.97 Å². The number of carboxylic acid groups (broad SMARTS) is 1. The second kappa shape index (κ2) is 4.34. The summed E-state index contributed by atoms with van der Waals surface area (Å²) < 4.78 is 0. The van der Waals surface area contributed by atoms with Crippen molar-refractivity contribution in [2.45, 2.75) is 45.1 Å². The van der Waals surface area contributed by atoms with Crippen molar-refractivity contribution in [3.8, 4) is 0 Å². The van der Waals surface area contributed by atoms with Crippen LogP contribution in [-0.4, -0.2) is 21.8 Å². The van der Waals surface area contributed by atoms with Crippen LogP contribution in [0.25, 0.3) is 0 Å². The average molecular weight is 160 g/mol. The minimum Gasteiger partial charge on any atom is -0.479 e. The molecule has 66 valence electrons. The predicted molar refractivity (Wildman–Crippen MR) is 42.4 cm³/mol. The fourth-order valence-electron chi connectivity index (χ4n) is 0.904. The fourth-order valence-corrected chi connectivity index (χ4v) is 0.904. The van der Waals surface area contributed by atoms with Crippen molar-refractivity contribution in [1.82, 2.24) is 0 Å². The summed E-state index contributed by atoms with van der Waals surface area (Å²) in [5.74, 6) is -1.10. The van der Waals surface area contributed by atoms with E-state index in [1.54, 1.807) is 6.92 Å². The lowest BCUT2D eigenvalue weighted by molar-refractivity contribution is -0.159. The molecule has 0 aromatic rings. The van der Waals surface area contributed by atoms with Crippen LogP contribution >= 0.6 is 0 Å². The molecule has 0 aromatic carbocycles. The number of aliphatic carboxylic acids is 1. The van der Waals surface area contributed by atoms with Crippen molar-refractivity contribution in [3.05, 3.63) is 0 Å². The molecule has 0 saturated carbocycles. The number of hydrogen-bond acceptors (Lipinski definition) is 2. The molecule has 2 N–H and O–H groups in total. The summed E-state index contributed by atoms with van der Waals surface area (Å²) in [7, 11) is 0. The highest BCUT2D eigenvalue weighted by molar-refractivity contribution is 5.76. The lowest BCUT2D eigenvalue weighted by Crippen LogP contribution is -2.37. The molecule has 0 heterocycles. The summed E-state index contributed by atoms with van der Waals surface area (Å²) in [5.41, 5.74) is -1.49. The van der Waals surface area contributed by atoms with Gasteiger partial charge in [0.25, 0.3) is 0 Å². The molecule has 0 amide bonds. The van der Waals surface area contributed by atoms with Crippen LogP contribution in [0.5, 0.6) is 0 Å². The first-order chi connectivity index (χ1) is 5.06. The van der Waals surface area contributed by atoms with Crippen LogP contribution < -0.4 is 0 Å². The van der Waals surface area contributed by atoms with Crippen molar-refractivity contribution < 1.29 is 15.0 Å². The molecule has 1 atom stereocenters. The fraction of sp³-hybridized carbons (Fsp3) is 0.875. The van der Waals surface area contributed by atoms with E-state index < -0.39 is 11.6 Å². The first-order valence-electron chi connectivity index (χ1n) is 4.02. The molecule has 3 heteroatoms. The SMILES string of the molecule is CCCCC(O)(CC)C(=O)O. The summed E-state index contributed by atoms with van der Waals surface area (Å²) in [6.45, 7) is 3.65. The molecule has 0 saturated heterocycles. The third-order valence-electron chi connectivity index (χ3n) is 1.93. The van der Waals surface area contributed by atoms with Crippen molar-refractivity contribution in [2.75, 3.05) is 0 Å². The molecule has 0 aliphatic carbocycles. The second-order valence-corrected chi connectivity index (χ2v) is 2.79. The van der Waals surface area contributed by atoms with Crippen molar-refractivity contribution in [2.24, 2.45) is 0 Å². The molecule has 3 nitrogen and oxygen atoms in total. The molecule has 0 aliphatic rings. The smallest absolute Gasteiger partial charge is 0.335 e. The van der Waals surface area contributed by atoms with Gasteiger partial charge >= 0.3 is 5.97 Å². The highest BCUT2D eigenvalue weighted by atomic mass is 16.4. The third kappa shape index (κ3) is 2.89. The van der Waals surface area contributed by atoms with E-state index >= 15 is 0 Å². The summed E-state index contributed by atoms with van der Waals surface area (Å²) in [5, 5.41) is 18.0. The third-order valence-corrected chi connectivity index (χ3v) is 1.93. The minimum atomic E-state index is -1.49. The second-order valence-electron chi connectivity index (χ2n) is 2.79. The zero-order chi connectivity index (χ0) is 8.91. The molecule has 11 heavy (non-hydrogen) atoms. The largest absolute Gasteiger partial charge is 0.479 e. The number of aliphatic hydroxyl groups is 1. The average Bonchev–Trinajstić information content (AvgIpc) is 2.00. The Balaban J connectivity index is 3.99. The normalized spacial score (nSPS) is 15.9. The molecule has 0 bridgehead atoms. The van der Waals surface area contributed by atoms with E-state index in [9.17, 15) is 9.90 Å². The molecule has 0 fully saturated rings. The molecular formula is C8H16O3. The van der Waals surface area contributed by atoms with E-state index in [4.69, 9.17) is 5.11 Å². The van der Waals surface area contributed by atoms with Crippen LogP contribution in [0.15, 0.2) is 0 Å². The number of hydrogen-bond donors (Lipinski definition) is 2. The summed E-state index contributed by atoms with van der Waals surface area (Å²) in [6, 6.07) is 0. The van der Waals surface area contributed by atoms with Crippen LogP contribution in [0.3, 0.4) is 0 Å². The van der Waals surface area contributed by atoms with Gasteiger partial charge in [-0.25, -0.2) is 4.79 Å². The van der Waals surface area contributed by atoms with E-state index in [2.05, 4.69) is 0 Å². The maximum Gasteiger partial charge on any atom is 0.335 e. The van der Waals surface area contributed by atoms with Gasteiger partial charge in [-0.1, -0.05) is 26.7 Å². The Morgan fingerprint density at radius 3 is 2.27 bits per heavy atom. The first kappa shape index (κ1) is 10.4. The molecular weight excluding hydrogens is 144 g/mol. The van der Waals surface area contributed by atoms with E-state index in [-0.39, 0.29) is 6.42 Å². The maximum absolute atomic E-state index is 10.5. The number of unbranched alkanes of at least 4 members (excludes halogenated alkanes) is 1. The topological polar surface area (TPSA) is 57.5 Å². The van der Waals surface area contributed by atoms with Crippen LogP contribution in [0.1, 0.15) is 39.5 Å². The molecule has 0 radical (unpaired) electrons. The highest BCUT2D eigenvalue weighted by Crippen LogP contribution is 2.18. The van der Waals surface area contributed by atoms with Gasteiger partial charge in [-0.2, -0.15) is 0 Å². The Morgan fingerprint density at radius 1 is 1.45 bits per heavy atom. The Hall–Kier alpha value is -0.570. The van der Waals surface area contributed by atoms with E-state index in [0.717, 1.165) is 12.8 Å². The maximum atomic E-state index is 10.5. The molecule has 0 rings (SSSR count). The zero-order valence-corrected chi connectivity index (χ0v) is 7.13. The van der Waals surface area contributed by atoms with Crippen molar-refractivity contribution in [1.29, 1.82) is 0 Å². The van der Waals surface area contributed by atoms with Crippen LogP contribution in [0.4, 0.5) is 0 Å². The predicted octanol–water partition coefficient (Wildman–Crippen LogP) is 1.40. The summed E-state index contributed by atoms with van der Waals surface area (Å²) in [6.07, 6.45) is 2.31. The van der Waals surface area contributed by atoms with E-state index in [0.29, 0.717) is 6.42 Å². The molecule has 0 aliphatic heterocycles. The van der Waals surface area contributed by atoms with Gasteiger partial charge in [-0.15, -0.1) is 0 Å². The number of carbonyl (C=O) groups is 1. The van der Waals surface area contributed by atoms with Gasteiger partial charge < -0.3 is 10.2 Å². The molecule has 0 spiro atoms. The van der Waals surface area contributed by atoms with Gasteiger partial charge in [0, 0.05) is 0 Å². The monoisotopic (exact) mass is 160 g/mol. The van der Waals surface area contributed by atoms with Gasteiger partial charge in [0.15, 0.2) is 5.60 Å². The van der Waals surface area contributed by atoms with Crippen molar-refractivity contribution in [3.63, 3.8) is 0 Å². The number of rotatable bonds is 5. The van der Waals surface area contributed by atoms with Crippen LogP contribution in [0.2, 0.25) is 0 Å². The van der Waals surface area contributed by atoms with Gasteiger partial charge in [0.1, 0.15) is 0 Å².